The summed E-state index contributed by atoms with van der Waals surface area (Å²) >= 11 is 9.15. The molecule has 0 bridgehead atoms. The quantitative estimate of drug-likeness (QED) is 0.457. The van der Waals surface area contributed by atoms with Crippen molar-refractivity contribution in [2.24, 2.45) is 0 Å². The van der Waals surface area contributed by atoms with Gasteiger partial charge in [0.15, 0.2) is 5.12 Å². The molecule has 0 aromatic carbocycles. The summed E-state index contributed by atoms with van der Waals surface area (Å²) in [5, 5.41) is 0.0242. The summed E-state index contributed by atoms with van der Waals surface area (Å²) in [5.41, 5.74) is 0. The number of thiol groups is 1. The highest BCUT2D eigenvalue weighted by molar-refractivity contribution is 8.94. The Kier molecular flexibility index (Phi) is 4.20. The van der Waals surface area contributed by atoms with Crippen molar-refractivity contribution < 1.29 is 4.79 Å². The van der Waals surface area contributed by atoms with E-state index in [1.54, 1.807) is 0 Å². The van der Waals surface area contributed by atoms with Gasteiger partial charge in [0.2, 0.25) is 0 Å². The SMILES string of the molecule is CC(=O)S[SH](=S)=S. The van der Waals surface area contributed by atoms with Crippen LogP contribution < -0.4 is 0 Å². The van der Waals surface area contributed by atoms with Gasteiger partial charge >= 0.3 is 0 Å². The molecule has 0 aromatic heterocycles. The maximum atomic E-state index is 10.1. The molecule has 0 heterocycles. The molecular weight excluding hydrogens is 168 g/mol. The minimum atomic E-state index is -0.906. The number of rotatable bonds is 1. The lowest BCUT2D eigenvalue weighted by atomic mass is 10.9. The monoisotopic (exact) mass is 172 g/mol. The van der Waals surface area contributed by atoms with E-state index < -0.39 is 7.05 Å². The van der Waals surface area contributed by atoms with Gasteiger partial charge in [0, 0.05) is 6.92 Å². The molecule has 0 saturated heterocycles. The molecule has 1 nitrogen and oxygen atoms in total. The van der Waals surface area contributed by atoms with E-state index in [1.165, 1.54) is 6.92 Å². The van der Waals surface area contributed by atoms with Crippen LogP contribution in [0.4, 0.5) is 0 Å². The summed E-state index contributed by atoms with van der Waals surface area (Å²) in [6, 6.07) is 0. The molecule has 0 aromatic rings. The zero-order valence-electron chi connectivity index (χ0n) is 3.58. The third-order valence-electron chi connectivity index (χ3n) is 0.203. The molecule has 0 atom stereocenters. The Bertz CT molecular complexity index is 127. The highest BCUT2D eigenvalue weighted by Gasteiger charge is 1.85. The Morgan fingerprint density at radius 2 is 2.14 bits per heavy atom. The van der Waals surface area contributed by atoms with Gasteiger partial charge < -0.3 is 0 Å². The highest BCUT2D eigenvalue weighted by Crippen LogP contribution is 1.99. The first-order valence-corrected chi connectivity index (χ1v) is 6.25. The van der Waals surface area contributed by atoms with Gasteiger partial charge in [-0.3, -0.25) is 4.79 Å². The van der Waals surface area contributed by atoms with Gasteiger partial charge in [0.1, 0.15) is 0 Å². The van der Waals surface area contributed by atoms with E-state index in [1.807, 2.05) is 0 Å². The molecule has 42 valence electrons. The van der Waals surface area contributed by atoms with Crippen LogP contribution in [0.1, 0.15) is 6.92 Å². The molecule has 0 amide bonds. The van der Waals surface area contributed by atoms with Gasteiger partial charge in [-0.1, -0.05) is 0 Å². The largest absolute Gasteiger partial charge is 0.287 e. The average Bonchev–Trinajstić information content (AvgIpc) is 1.27. The van der Waals surface area contributed by atoms with Gasteiger partial charge in [-0.15, -0.1) is 0 Å². The Labute approximate surface area is 57.1 Å². The van der Waals surface area contributed by atoms with Crippen LogP contribution in [-0.4, -0.2) is 5.12 Å². The van der Waals surface area contributed by atoms with Crippen LogP contribution in [0.15, 0.2) is 0 Å². The molecule has 0 aliphatic heterocycles. The molecule has 0 saturated carbocycles. The maximum absolute atomic E-state index is 10.1. The number of hydrogen-bond donors (Lipinski definition) is 1. The standard InChI is InChI=1S/C2H4OS4/c1-2(3)6-7(4)5/h7H,1H3. The van der Waals surface area contributed by atoms with Crippen molar-refractivity contribution in [3.8, 4) is 0 Å². The summed E-state index contributed by atoms with van der Waals surface area (Å²) in [5.74, 6) is 0. The predicted molar refractivity (Wildman–Crippen MR) is 41.8 cm³/mol. The van der Waals surface area contributed by atoms with Gasteiger partial charge in [-0.05, 0) is 40.2 Å². The van der Waals surface area contributed by atoms with E-state index in [0.29, 0.717) is 0 Å². The van der Waals surface area contributed by atoms with Crippen LogP contribution in [0, 0.1) is 0 Å². The normalized spacial score (nSPS) is 9.43. The topological polar surface area (TPSA) is 17.1 Å². The second-order valence-corrected chi connectivity index (χ2v) is 7.93. The van der Waals surface area contributed by atoms with Crippen LogP contribution in [0.2, 0.25) is 0 Å². The second kappa shape index (κ2) is 3.77. The van der Waals surface area contributed by atoms with E-state index in [-0.39, 0.29) is 5.12 Å². The van der Waals surface area contributed by atoms with E-state index in [9.17, 15) is 4.79 Å². The maximum Gasteiger partial charge on any atom is 0.196 e. The molecule has 0 rings (SSSR count). The molecule has 0 spiro atoms. The van der Waals surface area contributed by atoms with Crippen molar-refractivity contribution in [1.29, 1.82) is 0 Å². The van der Waals surface area contributed by atoms with Gasteiger partial charge in [0.25, 0.3) is 0 Å². The second-order valence-electron chi connectivity index (χ2n) is 0.806. The first kappa shape index (κ1) is 7.81. The van der Waals surface area contributed by atoms with Crippen LogP contribution in [0.5, 0.6) is 0 Å². The van der Waals surface area contributed by atoms with Crippen LogP contribution in [-0.2, 0) is 34.2 Å². The zero-order chi connectivity index (χ0) is 5.86. The Morgan fingerprint density at radius 1 is 1.71 bits per heavy atom. The molecule has 0 unspecified atom stereocenters. The molecule has 0 N–H and O–H groups in total. The number of carbonyl (C=O) groups is 1. The third kappa shape index (κ3) is 6.81. The number of carbonyl (C=O) groups excluding carboxylic acids is 1. The van der Waals surface area contributed by atoms with Crippen LogP contribution in [0.3, 0.4) is 0 Å². The smallest absolute Gasteiger partial charge is 0.196 e. The van der Waals surface area contributed by atoms with Crippen LogP contribution >= 0.6 is 10.8 Å². The minimum absolute atomic E-state index is 0.0242. The molecule has 0 aliphatic carbocycles. The fourth-order valence-electron chi connectivity index (χ4n) is 0.105. The summed E-state index contributed by atoms with van der Waals surface area (Å²) < 4.78 is 0. The molecule has 7 heavy (non-hydrogen) atoms. The van der Waals surface area contributed by atoms with Crippen molar-refractivity contribution in [2.45, 2.75) is 6.92 Å². The lowest BCUT2D eigenvalue weighted by Gasteiger charge is -1.78. The summed E-state index contributed by atoms with van der Waals surface area (Å²) in [4.78, 5) is 10.1. The first-order chi connectivity index (χ1) is 3.13. The lowest BCUT2D eigenvalue weighted by molar-refractivity contribution is -0.109. The Hall–Kier alpha value is 0.810. The molecular formula is C2H4OS4. The lowest BCUT2D eigenvalue weighted by Crippen LogP contribution is -1.76. The summed E-state index contributed by atoms with van der Waals surface area (Å²) in [7, 11) is 0.159. The average molecular weight is 172 g/mol. The van der Waals surface area contributed by atoms with Gasteiger partial charge in [-0.25, -0.2) is 0 Å². The number of hydrogen-bond acceptors (Lipinski definition) is 4. The molecule has 0 radical (unpaired) electrons. The molecule has 0 aliphatic rings. The van der Waals surface area contributed by atoms with E-state index >= 15 is 0 Å². The van der Waals surface area contributed by atoms with Crippen LogP contribution in [0.25, 0.3) is 0 Å². The van der Waals surface area contributed by atoms with E-state index in [2.05, 4.69) is 22.4 Å². The van der Waals surface area contributed by atoms with Crippen molar-refractivity contribution >= 4 is 45.3 Å². The summed E-state index contributed by atoms with van der Waals surface area (Å²) in [6.45, 7) is 1.47. The van der Waals surface area contributed by atoms with Crippen molar-refractivity contribution in [2.75, 3.05) is 0 Å². The molecule has 0 fully saturated rings. The Morgan fingerprint density at radius 3 is 2.14 bits per heavy atom. The van der Waals surface area contributed by atoms with E-state index in [0.717, 1.165) is 10.8 Å². The predicted octanol–water partition coefficient (Wildman–Crippen LogP) is 0.455. The first-order valence-electron chi connectivity index (χ1n) is 1.46. The molecule has 5 heteroatoms. The minimum Gasteiger partial charge on any atom is -0.287 e. The fourth-order valence-corrected chi connectivity index (χ4v) is 2.83. The third-order valence-corrected chi connectivity index (χ3v) is 3.17. The summed E-state index contributed by atoms with van der Waals surface area (Å²) in [6.07, 6.45) is 0. The van der Waals surface area contributed by atoms with Crippen molar-refractivity contribution in [1.82, 2.24) is 0 Å². The fraction of sp³-hybridized carbons (Fsp3) is 0.500. The van der Waals surface area contributed by atoms with Crippen molar-refractivity contribution in [3.63, 3.8) is 0 Å². The Balaban J connectivity index is 3.53. The van der Waals surface area contributed by atoms with Gasteiger partial charge in [-0.2, -0.15) is 0 Å². The zero-order valence-corrected chi connectivity index (χ0v) is 6.92. The van der Waals surface area contributed by atoms with Crippen molar-refractivity contribution in [3.05, 3.63) is 0 Å². The van der Waals surface area contributed by atoms with Gasteiger partial charge in [0.05, 0.1) is 0 Å². The van der Waals surface area contributed by atoms with E-state index in [4.69, 9.17) is 0 Å². The highest BCUT2D eigenvalue weighted by atomic mass is 33.5.